The summed E-state index contributed by atoms with van der Waals surface area (Å²) in [6.07, 6.45) is 16.0. The zero-order valence-corrected chi connectivity index (χ0v) is 24.2. The Balaban J connectivity index is 1.26. The summed E-state index contributed by atoms with van der Waals surface area (Å²) in [5, 5.41) is 0. The van der Waals surface area contributed by atoms with Crippen LogP contribution < -0.4 is 0 Å². The Morgan fingerprint density at radius 1 is 0.946 bits per heavy atom. The molecule has 6 aliphatic rings. The number of Topliss-reactive ketones (excluding diaryl/α,β-unsaturated/α-hetero) is 1. The summed E-state index contributed by atoms with van der Waals surface area (Å²) in [4.78, 5) is 28.9. The van der Waals surface area contributed by atoms with Gasteiger partial charge in [-0.3, -0.25) is 14.5 Å². The van der Waals surface area contributed by atoms with Crippen LogP contribution in [0.1, 0.15) is 104 Å². The average molecular weight is 514 g/mol. The van der Waals surface area contributed by atoms with Crippen molar-refractivity contribution in [1.82, 2.24) is 4.90 Å². The molecular formula is C32H53N2O3+. The number of esters is 1. The number of piperidine rings is 2. The third-order valence-electron chi connectivity index (χ3n) is 13.2. The topological polar surface area (TPSA) is 46.6 Å². The van der Waals surface area contributed by atoms with Gasteiger partial charge in [0.1, 0.15) is 12.1 Å². The highest BCUT2D eigenvalue weighted by atomic mass is 16.5. The summed E-state index contributed by atoms with van der Waals surface area (Å²) in [5.74, 6) is 3.13. The van der Waals surface area contributed by atoms with Gasteiger partial charge in [0.15, 0.2) is 5.78 Å². The maximum absolute atomic E-state index is 14.1. The number of rotatable bonds is 3. The van der Waals surface area contributed by atoms with E-state index in [2.05, 4.69) is 25.8 Å². The second-order valence-corrected chi connectivity index (χ2v) is 15.0. The highest BCUT2D eigenvalue weighted by Gasteiger charge is 2.66. The van der Waals surface area contributed by atoms with Gasteiger partial charge < -0.3 is 9.22 Å². The van der Waals surface area contributed by atoms with Gasteiger partial charge in [0.2, 0.25) is 0 Å². The molecule has 37 heavy (non-hydrogen) atoms. The Hall–Kier alpha value is -0.940. The van der Waals surface area contributed by atoms with E-state index in [1.165, 1.54) is 77.3 Å². The van der Waals surface area contributed by atoms with E-state index in [1.807, 2.05) is 0 Å². The van der Waals surface area contributed by atoms with Crippen molar-refractivity contribution in [2.45, 2.75) is 122 Å². The maximum Gasteiger partial charge on any atom is 0.302 e. The normalized spacial score (nSPS) is 48.0. The number of carbonyl (C=O) groups excluding carboxylic acids is 2. The highest BCUT2D eigenvalue weighted by molar-refractivity contribution is 5.91. The number of ether oxygens (including phenoxy) is 1. The number of fused-ring (bicyclic) bond motifs is 5. The third kappa shape index (κ3) is 4.24. The summed E-state index contributed by atoms with van der Waals surface area (Å²) in [6.45, 7) is 11.3. The largest absolute Gasteiger partial charge is 0.461 e. The number of hydrogen-bond donors (Lipinski definition) is 0. The Bertz CT molecular complexity index is 892. The van der Waals surface area contributed by atoms with E-state index in [-0.39, 0.29) is 23.5 Å². The predicted molar refractivity (Wildman–Crippen MR) is 146 cm³/mol. The first-order valence-corrected chi connectivity index (χ1v) is 16.0. The van der Waals surface area contributed by atoms with Gasteiger partial charge >= 0.3 is 5.97 Å². The van der Waals surface area contributed by atoms with Crippen molar-refractivity contribution in [3.8, 4) is 0 Å². The van der Waals surface area contributed by atoms with Crippen LogP contribution in [-0.4, -0.2) is 72.5 Å². The molecule has 6 fully saturated rings. The molecule has 0 bridgehead atoms. The number of likely N-dealkylation sites (tertiary alicyclic amines) is 2. The van der Waals surface area contributed by atoms with Gasteiger partial charge in [-0.15, -0.1) is 0 Å². The van der Waals surface area contributed by atoms with E-state index >= 15 is 0 Å². The van der Waals surface area contributed by atoms with Crippen molar-refractivity contribution in [3.05, 3.63) is 0 Å². The van der Waals surface area contributed by atoms with E-state index < -0.39 is 0 Å². The van der Waals surface area contributed by atoms with Crippen LogP contribution in [0.2, 0.25) is 0 Å². The molecule has 9 atom stereocenters. The molecule has 2 aliphatic heterocycles. The first-order valence-electron chi connectivity index (χ1n) is 16.0. The molecule has 0 aromatic rings. The Labute approximate surface area is 225 Å². The molecule has 0 amide bonds. The molecule has 0 radical (unpaired) electrons. The van der Waals surface area contributed by atoms with Crippen LogP contribution in [0.25, 0.3) is 0 Å². The molecule has 5 heteroatoms. The van der Waals surface area contributed by atoms with Crippen LogP contribution >= 0.6 is 0 Å². The van der Waals surface area contributed by atoms with Gasteiger partial charge in [-0.1, -0.05) is 20.3 Å². The standard InChI is InChI=1S/C32H53N2O3/c1-22(35)37-29-19-23-11-12-24-25(32(23,3)21-27(29)33-15-7-5-8-16-33)13-14-31(2)26(24)20-28(30(31)36)34(4)17-9-6-10-18-34/h23-29H,5-21H2,1-4H3/q+1. The third-order valence-corrected chi connectivity index (χ3v) is 13.2. The second-order valence-electron chi connectivity index (χ2n) is 15.0. The van der Waals surface area contributed by atoms with Crippen LogP contribution in [0.15, 0.2) is 0 Å². The molecule has 9 unspecified atom stereocenters. The number of likely N-dealkylation sites (N-methyl/N-ethyl adjacent to an activating group) is 1. The van der Waals surface area contributed by atoms with Crippen molar-refractivity contribution < 1.29 is 18.8 Å². The molecule has 4 aliphatic carbocycles. The lowest BCUT2D eigenvalue weighted by atomic mass is 9.44. The summed E-state index contributed by atoms with van der Waals surface area (Å²) >= 11 is 0. The monoisotopic (exact) mass is 513 g/mol. The van der Waals surface area contributed by atoms with Crippen molar-refractivity contribution >= 4 is 11.8 Å². The number of ketones is 1. The zero-order valence-electron chi connectivity index (χ0n) is 24.2. The van der Waals surface area contributed by atoms with E-state index in [1.54, 1.807) is 6.92 Å². The van der Waals surface area contributed by atoms with Gasteiger partial charge in [-0.25, -0.2) is 0 Å². The molecule has 6 rings (SSSR count). The summed E-state index contributed by atoms with van der Waals surface area (Å²) < 4.78 is 7.07. The van der Waals surface area contributed by atoms with Crippen molar-refractivity contribution in [2.75, 3.05) is 33.2 Å². The van der Waals surface area contributed by atoms with Crippen molar-refractivity contribution in [3.63, 3.8) is 0 Å². The van der Waals surface area contributed by atoms with Gasteiger partial charge in [0.25, 0.3) is 0 Å². The second kappa shape index (κ2) is 9.61. The average Bonchev–Trinajstić information content (AvgIpc) is 3.16. The lowest BCUT2D eigenvalue weighted by Gasteiger charge is -2.62. The summed E-state index contributed by atoms with van der Waals surface area (Å²) in [7, 11) is 2.40. The molecule has 0 aromatic carbocycles. The molecule has 0 aromatic heterocycles. The smallest absolute Gasteiger partial charge is 0.302 e. The molecule has 2 saturated heterocycles. The van der Waals surface area contributed by atoms with Gasteiger partial charge in [-0.2, -0.15) is 0 Å². The molecule has 0 spiro atoms. The van der Waals surface area contributed by atoms with Crippen molar-refractivity contribution in [1.29, 1.82) is 0 Å². The van der Waals surface area contributed by atoms with Gasteiger partial charge in [-0.05, 0) is 113 Å². The SMILES string of the molecule is CC(=O)OC1CC2CCC3C4CC([N+]5(C)CCCCC5)C(=O)C4(C)CCC3C2(C)CC1N1CCCCC1. The highest BCUT2D eigenvalue weighted by Crippen LogP contribution is 2.66. The predicted octanol–water partition coefficient (Wildman–Crippen LogP) is 5.60. The van der Waals surface area contributed by atoms with E-state index in [4.69, 9.17) is 4.74 Å². The Kier molecular flexibility index (Phi) is 6.83. The zero-order chi connectivity index (χ0) is 26.0. The summed E-state index contributed by atoms with van der Waals surface area (Å²) in [5.41, 5.74) is 0.197. The minimum atomic E-state index is -0.109. The van der Waals surface area contributed by atoms with Gasteiger partial charge in [0.05, 0.1) is 20.1 Å². The van der Waals surface area contributed by atoms with E-state index in [0.29, 0.717) is 40.9 Å². The van der Waals surface area contributed by atoms with E-state index in [9.17, 15) is 9.59 Å². The molecule has 208 valence electrons. The van der Waals surface area contributed by atoms with Crippen molar-refractivity contribution in [2.24, 2.45) is 34.5 Å². The number of nitrogens with zero attached hydrogens (tertiary/aromatic N) is 2. The fraction of sp³-hybridized carbons (Fsp3) is 0.938. The van der Waals surface area contributed by atoms with Crippen LogP contribution in [0.5, 0.6) is 0 Å². The molecule has 4 saturated carbocycles. The minimum absolute atomic E-state index is 0.0556. The van der Waals surface area contributed by atoms with Crippen LogP contribution in [0, 0.1) is 34.5 Å². The van der Waals surface area contributed by atoms with E-state index in [0.717, 1.165) is 36.8 Å². The van der Waals surface area contributed by atoms with Crippen LogP contribution in [0.4, 0.5) is 0 Å². The first-order chi connectivity index (χ1) is 17.7. The molecule has 0 N–H and O–H groups in total. The molecule has 5 nitrogen and oxygen atoms in total. The number of quaternary nitrogens is 1. The fourth-order valence-electron chi connectivity index (χ4n) is 11.1. The quantitative estimate of drug-likeness (QED) is 0.364. The first kappa shape index (κ1) is 26.3. The molecular weight excluding hydrogens is 460 g/mol. The van der Waals surface area contributed by atoms with Gasteiger partial charge in [0, 0.05) is 24.8 Å². The fourth-order valence-corrected chi connectivity index (χ4v) is 11.1. The lowest BCUT2D eigenvalue weighted by molar-refractivity contribution is -0.928. The maximum atomic E-state index is 14.1. The van der Waals surface area contributed by atoms with Crippen LogP contribution in [0.3, 0.4) is 0 Å². The lowest BCUT2D eigenvalue weighted by Crippen LogP contribution is -2.60. The Morgan fingerprint density at radius 2 is 1.65 bits per heavy atom. The molecule has 2 heterocycles. The summed E-state index contributed by atoms with van der Waals surface area (Å²) in [6, 6.07) is 0.605. The minimum Gasteiger partial charge on any atom is -0.461 e. The number of carbonyl (C=O) groups is 2. The number of hydrogen-bond acceptors (Lipinski definition) is 4. The van der Waals surface area contributed by atoms with Crippen LogP contribution in [-0.2, 0) is 14.3 Å². The Morgan fingerprint density at radius 3 is 2.35 bits per heavy atom.